The Labute approximate surface area is 96.8 Å². The Kier molecular flexibility index (Phi) is 2.37. The van der Waals surface area contributed by atoms with E-state index < -0.39 is 0 Å². The minimum Gasteiger partial charge on any atom is -0.372 e. The summed E-state index contributed by atoms with van der Waals surface area (Å²) in [6.07, 6.45) is 3.38. The minimum absolute atomic E-state index is 0.535. The minimum atomic E-state index is 0.535. The van der Waals surface area contributed by atoms with Crippen molar-refractivity contribution < 1.29 is 4.74 Å². The summed E-state index contributed by atoms with van der Waals surface area (Å²) in [6.45, 7) is 2.62. The first-order valence-electron chi connectivity index (χ1n) is 4.99. The third-order valence-electron chi connectivity index (χ3n) is 2.50. The van der Waals surface area contributed by atoms with Gasteiger partial charge in [0.1, 0.15) is 13.2 Å². The fraction of sp³-hybridized carbons (Fsp3) is 0.444. The zero-order valence-electron chi connectivity index (χ0n) is 8.51. The molecule has 2 aromatic rings. The van der Waals surface area contributed by atoms with E-state index in [1.165, 1.54) is 0 Å². The molecule has 16 heavy (non-hydrogen) atoms. The Morgan fingerprint density at radius 1 is 1.44 bits per heavy atom. The number of fused-ring (bicyclic) bond motifs is 1. The molecule has 7 heteroatoms. The maximum atomic E-state index is 5.80. The van der Waals surface area contributed by atoms with E-state index in [4.69, 9.17) is 16.3 Å². The maximum absolute atomic E-state index is 5.80. The lowest BCUT2D eigenvalue weighted by molar-refractivity contribution is 0.0805. The van der Waals surface area contributed by atoms with Gasteiger partial charge in [0.15, 0.2) is 11.6 Å². The van der Waals surface area contributed by atoms with Gasteiger partial charge in [0.25, 0.3) is 0 Å². The quantitative estimate of drug-likeness (QED) is 0.774. The van der Waals surface area contributed by atoms with Crippen molar-refractivity contribution in [2.45, 2.75) is 19.7 Å². The number of nitrogens with zero attached hydrogens (tertiary/aromatic N) is 5. The Morgan fingerprint density at radius 3 is 3.19 bits per heavy atom. The molecule has 0 amide bonds. The van der Waals surface area contributed by atoms with Gasteiger partial charge in [-0.2, -0.15) is 5.10 Å². The maximum Gasteiger partial charge on any atom is 0.159 e. The lowest BCUT2D eigenvalue weighted by Gasteiger charge is -2.15. The molecule has 2 aromatic heterocycles. The second-order valence-corrected chi connectivity index (χ2v) is 4.03. The van der Waals surface area contributed by atoms with Crippen molar-refractivity contribution in [1.29, 1.82) is 0 Å². The van der Waals surface area contributed by atoms with Gasteiger partial charge in [-0.05, 0) is 0 Å². The first-order valence-corrected chi connectivity index (χ1v) is 5.37. The molecule has 3 heterocycles. The standard InChI is InChI=1S/C9H10ClN5O/c10-7-3-11-14(4-7)5-8-12-13-9-6-16-2-1-15(8)9/h3-4H,1-2,5-6H2. The highest BCUT2D eigenvalue weighted by molar-refractivity contribution is 6.30. The molecule has 1 aliphatic heterocycles. The SMILES string of the molecule is Clc1cnn(Cc2nnc3n2CCOC3)c1. The Hall–Kier alpha value is -1.40. The number of rotatable bonds is 2. The van der Waals surface area contributed by atoms with Gasteiger partial charge in [0, 0.05) is 12.7 Å². The van der Waals surface area contributed by atoms with Gasteiger partial charge < -0.3 is 9.30 Å². The molecule has 0 N–H and O–H groups in total. The Balaban J connectivity index is 1.87. The summed E-state index contributed by atoms with van der Waals surface area (Å²) in [7, 11) is 0. The molecule has 0 aliphatic carbocycles. The highest BCUT2D eigenvalue weighted by Gasteiger charge is 2.16. The molecular formula is C9H10ClN5O. The summed E-state index contributed by atoms with van der Waals surface area (Å²) in [5.74, 6) is 1.76. The summed E-state index contributed by atoms with van der Waals surface area (Å²) in [6, 6.07) is 0. The number of hydrogen-bond acceptors (Lipinski definition) is 4. The Bertz CT molecular complexity index is 506. The van der Waals surface area contributed by atoms with Gasteiger partial charge in [-0.15, -0.1) is 10.2 Å². The molecule has 0 unspecified atom stereocenters. The van der Waals surface area contributed by atoms with Crippen LogP contribution in [0, 0.1) is 0 Å². The molecule has 0 bridgehead atoms. The van der Waals surface area contributed by atoms with Crippen molar-refractivity contribution in [3.05, 3.63) is 29.1 Å². The number of ether oxygens (including phenoxy) is 1. The third kappa shape index (κ3) is 1.70. The van der Waals surface area contributed by atoms with Gasteiger partial charge in [0.05, 0.1) is 17.8 Å². The van der Waals surface area contributed by atoms with E-state index in [1.807, 2.05) is 0 Å². The molecule has 0 aromatic carbocycles. The van der Waals surface area contributed by atoms with Crippen molar-refractivity contribution in [2.24, 2.45) is 0 Å². The molecule has 84 valence electrons. The van der Waals surface area contributed by atoms with E-state index in [-0.39, 0.29) is 0 Å². The molecule has 0 fully saturated rings. The fourth-order valence-corrected chi connectivity index (χ4v) is 1.90. The van der Waals surface area contributed by atoms with Crippen molar-refractivity contribution >= 4 is 11.6 Å². The smallest absolute Gasteiger partial charge is 0.159 e. The van der Waals surface area contributed by atoms with E-state index in [0.717, 1.165) is 18.2 Å². The Morgan fingerprint density at radius 2 is 2.38 bits per heavy atom. The molecule has 1 aliphatic rings. The van der Waals surface area contributed by atoms with Crippen molar-refractivity contribution in [2.75, 3.05) is 6.61 Å². The summed E-state index contributed by atoms with van der Waals surface area (Å²) >= 11 is 5.80. The normalized spacial score (nSPS) is 15.1. The lowest BCUT2D eigenvalue weighted by Crippen LogP contribution is -2.19. The van der Waals surface area contributed by atoms with Gasteiger partial charge in [-0.1, -0.05) is 11.6 Å². The van der Waals surface area contributed by atoms with Crippen LogP contribution < -0.4 is 0 Å². The molecular weight excluding hydrogens is 230 g/mol. The summed E-state index contributed by atoms with van der Waals surface area (Å²) in [5.41, 5.74) is 0. The van der Waals surface area contributed by atoms with E-state index >= 15 is 0 Å². The third-order valence-corrected chi connectivity index (χ3v) is 2.69. The van der Waals surface area contributed by atoms with Crippen LogP contribution in [0.2, 0.25) is 5.02 Å². The van der Waals surface area contributed by atoms with E-state index in [2.05, 4.69) is 19.9 Å². The molecule has 0 saturated carbocycles. The predicted molar refractivity (Wildman–Crippen MR) is 56.0 cm³/mol. The molecule has 6 nitrogen and oxygen atoms in total. The van der Waals surface area contributed by atoms with Crippen LogP contribution in [-0.4, -0.2) is 31.2 Å². The highest BCUT2D eigenvalue weighted by Crippen LogP contribution is 2.11. The van der Waals surface area contributed by atoms with Crippen LogP contribution in [0.3, 0.4) is 0 Å². The zero-order chi connectivity index (χ0) is 11.0. The molecule has 0 saturated heterocycles. The second kappa shape index (κ2) is 3.88. The first-order chi connectivity index (χ1) is 7.83. The zero-order valence-corrected chi connectivity index (χ0v) is 9.26. The van der Waals surface area contributed by atoms with Crippen LogP contribution >= 0.6 is 11.6 Å². The van der Waals surface area contributed by atoms with Gasteiger partial charge in [-0.3, -0.25) is 4.68 Å². The molecule has 0 atom stereocenters. The second-order valence-electron chi connectivity index (χ2n) is 3.59. The van der Waals surface area contributed by atoms with E-state index in [1.54, 1.807) is 17.1 Å². The van der Waals surface area contributed by atoms with Crippen LogP contribution in [0.25, 0.3) is 0 Å². The van der Waals surface area contributed by atoms with E-state index in [0.29, 0.717) is 24.8 Å². The summed E-state index contributed by atoms with van der Waals surface area (Å²) < 4.78 is 9.11. The lowest BCUT2D eigenvalue weighted by atomic mass is 10.4. The van der Waals surface area contributed by atoms with Crippen molar-refractivity contribution in [3.8, 4) is 0 Å². The van der Waals surface area contributed by atoms with Crippen LogP contribution in [0.5, 0.6) is 0 Å². The molecule has 0 spiro atoms. The predicted octanol–water partition coefficient (Wildman–Crippen LogP) is 0.706. The highest BCUT2D eigenvalue weighted by atomic mass is 35.5. The number of halogens is 1. The monoisotopic (exact) mass is 239 g/mol. The van der Waals surface area contributed by atoms with Gasteiger partial charge in [0.2, 0.25) is 0 Å². The van der Waals surface area contributed by atoms with Crippen LogP contribution in [0.1, 0.15) is 11.6 Å². The first kappa shape index (κ1) is 9.80. The van der Waals surface area contributed by atoms with Gasteiger partial charge >= 0.3 is 0 Å². The summed E-state index contributed by atoms with van der Waals surface area (Å²) in [4.78, 5) is 0. The van der Waals surface area contributed by atoms with Crippen molar-refractivity contribution in [1.82, 2.24) is 24.5 Å². The topological polar surface area (TPSA) is 57.8 Å². The van der Waals surface area contributed by atoms with E-state index in [9.17, 15) is 0 Å². The van der Waals surface area contributed by atoms with Crippen LogP contribution in [-0.2, 0) is 24.4 Å². The summed E-state index contributed by atoms with van der Waals surface area (Å²) in [5, 5.41) is 12.9. The van der Waals surface area contributed by atoms with Crippen LogP contribution in [0.4, 0.5) is 0 Å². The average Bonchev–Trinajstić information content (AvgIpc) is 2.87. The van der Waals surface area contributed by atoms with Crippen LogP contribution in [0.15, 0.2) is 12.4 Å². The molecule has 0 radical (unpaired) electrons. The largest absolute Gasteiger partial charge is 0.372 e. The number of aromatic nitrogens is 5. The number of hydrogen-bond donors (Lipinski definition) is 0. The van der Waals surface area contributed by atoms with Gasteiger partial charge in [-0.25, -0.2) is 0 Å². The van der Waals surface area contributed by atoms with Crippen molar-refractivity contribution in [3.63, 3.8) is 0 Å². The molecule has 3 rings (SSSR count). The average molecular weight is 240 g/mol. The fourth-order valence-electron chi connectivity index (χ4n) is 1.74.